The molecule has 2 N–H and O–H groups in total. The van der Waals surface area contributed by atoms with E-state index in [0.717, 1.165) is 65.6 Å². The van der Waals surface area contributed by atoms with Gasteiger partial charge in [-0.25, -0.2) is 4.39 Å². The van der Waals surface area contributed by atoms with Crippen LogP contribution in [0.3, 0.4) is 0 Å². The van der Waals surface area contributed by atoms with E-state index in [4.69, 9.17) is 9.84 Å². The van der Waals surface area contributed by atoms with Crippen molar-refractivity contribution in [3.63, 3.8) is 0 Å². The zero-order chi connectivity index (χ0) is 32.6. The molecule has 0 aliphatic rings. The van der Waals surface area contributed by atoms with Crippen LogP contribution >= 0.6 is 0 Å². The van der Waals surface area contributed by atoms with Crippen molar-refractivity contribution in [2.75, 3.05) is 32.1 Å². The van der Waals surface area contributed by atoms with Crippen molar-refractivity contribution in [1.29, 1.82) is 0 Å². The third kappa shape index (κ3) is 10.5. The van der Waals surface area contributed by atoms with Crippen molar-refractivity contribution in [3.8, 4) is 17.0 Å². The van der Waals surface area contributed by atoms with Gasteiger partial charge in [0.05, 0.1) is 24.0 Å². The molecule has 4 aromatic rings. The van der Waals surface area contributed by atoms with Gasteiger partial charge < -0.3 is 24.6 Å². The van der Waals surface area contributed by atoms with Gasteiger partial charge in [0, 0.05) is 37.4 Å². The number of rotatable bonds is 16. The number of hydrogen-bond acceptors (Lipinski definition) is 4. The number of hydrogen-bond donors (Lipinski definition) is 2. The van der Waals surface area contributed by atoms with Gasteiger partial charge >= 0.3 is 5.97 Å². The maximum absolute atomic E-state index is 14.0. The summed E-state index contributed by atoms with van der Waals surface area (Å²) in [5.74, 6) is -0.480. The minimum atomic E-state index is -0.770. The summed E-state index contributed by atoms with van der Waals surface area (Å²) in [6, 6.07) is 22.4. The van der Waals surface area contributed by atoms with Gasteiger partial charge in [-0.2, -0.15) is 0 Å². The van der Waals surface area contributed by atoms with E-state index in [1.54, 1.807) is 26.2 Å². The third-order valence-electron chi connectivity index (χ3n) is 7.75. The molecule has 0 unspecified atom stereocenters. The number of anilines is 1. The average molecular weight is 618 g/mol. The molecular weight excluding hydrogens is 569 g/mol. The van der Waals surface area contributed by atoms with Gasteiger partial charge in [0.25, 0.3) is 0 Å². The lowest BCUT2D eigenvalue weighted by Gasteiger charge is -2.23. The van der Waals surface area contributed by atoms with Crippen LogP contribution in [0.15, 0.2) is 72.8 Å². The molecular formula is C37H48FN3O4. The number of aromatic nitrogens is 1. The van der Waals surface area contributed by atoms with Crippen LogP contribution in [0.4, 0.5) is 10.1 Å². The first kappa shape index (κ1) is 35.3. The standard InChI is InChI=1S/C32H35FN2O4.C5H13N/c1-23(36)34(20-10-5-3-4-9-13-30(37)38)32-28-21-27(39-2)18-19-29(28)35(22-24-11-7-6-8-12-24)31(32)25-14-16-26(33)17-15-25;1-3-4-5-6-2/h6-8,11-12,14-19,21H,3-5,9-10,13,20,22H2,1-2H3,(H,37,38);6H,3-5H2,1-2H3. The van der Waals surface area contributed by atoms with Crippen LogP contribution in [0.25, 0.3) is 22.2 Å². The van der Waals surface area contributed by atoms with Gasteiger partial charge in [-0.1, -0.05) is 62.9 Å². The first-order chi connectivity index (χ1) is 21.8. The number of nitrogens with zero attached hydrogens (tertiary/aromatic N) is 2. The van der Waals surface area contributed by atoms with Crippen LogP contribution in [0.5, 0.6) is 5.75 Å². The molecule has 8 heteroatoms. The van der Waals surface area contributed by atoms with E-state index in [0.29, 0.717) is 25.3 Å². The van der Waals surface area contributed by atoms with Crippen LogP contribution in [-0.2, 0) is 16.1 Å². The Hall–Kier alpha value is -4.17. The Labute approximate surface area is 267 Å². The summed E-state index contributed by atoms with van der Waals surface area (Å²) in [7, 11) is 3.60. The smallest absolute Gasteiger partial charge is 0.303 e. The maximum Gasteiger partial charge on any atom is 0.303 e. The number of benzene rings is 3. The molecule has 0 bridgehead atoms. The topological polar surface area (TPSA) is 83.8 Å². The number of carbonyl (C=O) groups is 2. The maximum atomic E-state index is 14.0. The summed E-state index contributed by atoms with van der Waals surface area (Å²) < 4.78 is 21.7. The molecule has 0 atom stereocenters. The number of unbranched alkanes of at least 4 members (excludes halogenated alkanes) is 5. The SMILES string of the molecule is CCCCNC.COc1ccc2c(c1)c(N(CCCCCCCC(=O)O)C(C)=O)c(-c1ccc(F)cc1)n2Cc1ccccc1. The summed E-state index contributed by atoms with van der Waals surface area (Å²) in [6.07, 6.45) is 6.87. The largest absolute Gasteiger partial charge is 0.497 e. The van der Waals surface area contributed by atoms with E-state index in [9.17, 15) is 14.0 Å². The van der Waals surface area contributed by atoms with Crippen molar-refractivity contribution in [1.82, 2.24) is 9.88 Å². The van der Waals surface area contributed by atoms with E-state index in [2.05, 4.69) is 28.9 Å². The lowest BCUT2D eigenvalue weighted by Crippen LogP contribution is -2.30. The fraction of sp³-hybridized carbons (Fsp3) is 0.405. The Morgan fingerprint density at radius 1 is 0.933 bits per heavy atom. The van der Waals surface area contributed by atoms with Crippen molar-refractivity contribution in [3.05, 3.63) is 84.2 Å². The number of aliphatic carboxylic acids is 1. The molecule has 4 rings (SSSR count). The van der Waals surface area contributed by atoms with Gasteiger partial charge in [-0.05, 0) is 80.9 Å². The Morgan fingerprint density at radius 3 is 2.22 bits per heavy atom. The number of nitrogens with one attached hydrogen (secondary N) is 1. The van der Waals surface area contributed by atoms with Crippen LogP contribution in [0.2, 0.25) is 0 Å². The molecule has 0 aliphatic carbocycles. The number of amides is 1. The number of fused-ring (bicyclic) bond motifs is 1. The van der Waals surface area contributed by atoms with Crippen LogP contribution in [0, 0.1) is 5.82 Å². The fourth-order valence-corrected chi connectivity index (χ4v) is 5.40. The molecule has 0 spiro atoms. The summed E-state index contributed by atoms with van der Waals surface area (Å²) in [5, 5.41) is 12.8. The first-order valence-electron chi connectivity index (χ1n) is 15.9. The second-order valence-corrected chi connectivity index (χ2v) is 11.2. The predicted octanol–water partition coefficient (Wildman–Crippen LogP) is 8.29. The highest BCUT2D eigenvalue weighted by molar-refractivity contribution is 6.09. The molecule has 0 saturated carbocycles. The average Bonchev–Trinajstić information content (AvgIpc) is 3.34. The third-order valence-corrected chi connectivity index (χ3v) is 7.75. The highest BCUT2D eigenvalue weighted by Gasteiger charge is 2.26. The van der Waals surface area contributed by atoms with Crippen molar-refractivity contribution in [2.45, 2.75) is 71.8 Å². The summed E-state index contributed by atoms with van der Waals surface area (Å²) in [6.45, 7) is 6.02. The van der Waals surface area contributed by atoms with Gasteiger partial charge in [-0.3, -0.25) is 9.59 Å². The van der Waals surface area contributed by atoms with E-state index < -0.39 is 5.97 Å². The quantitative estimate of drug-likeness (QED) is 0.124. The van der Waals surface area contributed by atoms with Crippen LogP contribution in [-0.4, -0.2) is 48.8 Å². The molecule has 1 amide bonds. The van der Waals surface area contributed by atoms with Gasteiger partial charge in [-0.15, -0.1) is 0 Å². The monoisotopic (exact) mass is 617 g/mol. The summed E-state index contributed by atoms with van der Waals surface area (Å²) >= 11 is 0. The number of methoxy groups -OCH3 is 1. The lowest BCUT2D eigenvalue weighted by atomic mass is 10.1. The van der Waals surface area contributed by atoms with E-state index in [1.807, 2.05) is 48.3 Å². The normalized spacial score (nSPS) is 10.8. The number of carbonyl (C=O) groups excluding carboxylic acids is 1. The number of ether oxygens (including phenoxy) is 1. The van der Waals surface area contributed by atoms with Crippen molar-refractivity contribution in [2.24, 2.45) is 0 Å². The first-order valence-corrected chi connectivity index (χ1v) is 15.9. The summed E-state index contributed by atoms with van der Waals surface area (Å²) in [4.78, 5) is 25.7. The van der Waals surface area contributed by atoms with Gasteiger partial charge in [0.1, 0.15) is 11.6 Å². The molecule has 7 nitrogen and oxygen atoms in total. The molecule has 45 heavy (non-hydrogen) atoms. The molecule has 0 saturated heterocycles. The summed E-state index contributed by atoms with van der Waals surface area (Å²) in [5.41, 5.74) is 4.51. The zero-order valence-corrected chi connectivity index (χ0v) is 27.2. The second kappa shape index (κ2) is 18.6. The minimum absolute atomic E-state index is 0.0779. The Morgan fingerprint density at radius 2 is 1.62 bits per heavy atom. The van der Waals surface area contributed by atoms with E-state index in [1.165, 1.54) is 25.0 Å². The van der Waals surface area contributed by atoms with E-state index >= 15 is 0 Å². The predicted molar refractivity (Wildman–Crippen MR) is 182 cm³/mol. The Bertz CT molecular complexity index is 1480. The number of carboxylic acids is 1. The van der Waals surface area contributed by atoms with Gasteiger partial charge in [0.2, 0.25) is 5.91 Å². The minimum Gasteiger partial charge on any atom is -0.497 e. The Balaban J connectivity index is 0.000000838. The molecule has 0 aliphatic heterocycles. The van der Waals surface area contributed by atoms with Crippen molar-refractivity contribution < 1.29 is 23.8 Å². The number of carboxylic acid groups (broad SMARTS) is 1. The highest BCUT2D eigenvalue weighted by Crippen LogP contribution is 2.43. The molecule has 242 valence electrons. The van der Waals surface area contributed by atoms with Crippen LogP contribution in [0.1, 0.15) is 70.8 Å². The lowest BCUT2D eigenvalue weighted by molar-refractivity contribution is -0.137. The van der Waals surface area contributed by atoms with Gasteiger partial charge in [0.15, 0.2) is 0 Å². The molecule has 0 radical (unpaired) electrons. The molecule has 0 fully saturated rings. The zero-order valence-electron chi connectivity index (χ0n) is 27.2. The molecule has 1 aromatic heterocycles. The highest BCUT2D eigenvalue weighted by atomic mass is 19.1. The number of halogens is 1. The fourth-order valence-electron chi connectivity index (χ4n) is 5.40. The molecule has 3 aromatic carbocycles. The second-order valence-electron chi connectivity index (χ2n) is 11.2. The molecule has 1 heterocycles. The van der Waals surface area contributed by atoms with Crippen LogP contribution < -0.4 is 15.0 Å². The van der Waals surface area contributed by atoms with Crippen molar-refractivity contribution >= 4 is 28.5 Å². The van der Waals surface area contributed by atoms with E-state index in [-0.39, 0.29) is 18.1 Å². The Kier molecular flexibility index (Phi) is 14.6.